The first kappa shape index (κ1) is 22.3. The molecule has 168 valence electrons. The molecule has 2 heterocycles. The molecule has 0 unspecified atom stereocenters. The van der Waals surface area contributed by atoms with Crippen molar-refractivity contribution in [3.63, 3.8) is 0 Å². The van der Waals surface area contributed by atoms with E-state index >= 15 is 0 Å². The van der Waals surface area contributed by atoms with Gasteiger partial charge in [-0.2, -0.15) is 4.31 Å². The molecule has 0 spiro atoms. The molecule has 1 aromatic heterocycles. The molecule has 4 rings (SSSR count). The quantitative estimate of drug-likeness (QED) is 0.545. The predicted molar refractivity (Wildman–Crippen MR) is 124 cm³/mol. The lowest BCUT2D eigenvalue weighted by atomic mass is 10.1. The van der Waals surface area contributed by atoms with Gasteiger partial charge in [-0.1, -0.05) is 67.1 Å². The van der Waals surface area contributed by atoms with Crippen LogP contribution in [0.25, 0.3) is 0 Å². The second kappa shape index (κ2) is 9.71. The van der Waals surface area contributed by atoms with Crippen molar-refractivity contribution in [3.05, 3.63) is 89.7 Å². The average molecular weight is 452 g/mol. The zero-order valence-electron chi connectivity index (χ0n) is 18.4. The Morgan fingerprint density at radius 1 is 0.875 bits per heavy atom. The summed E-state index contributed by atoms with van der Waals surface area (Å²) >= 11 is 0. The number of amides is 1. The van der Waals surface area contributed by atoms with Crippen LogP contribution in [0.1, 0.15) is 40.9 Å². The van der Waals surface area contributed by atoms with E-state index in [4.69, 9.17) is 0 Å². The van der Waals surface area contributed by atoms with Gasteiger partial charge in [0.2, 0.25) is 10.0 Å². The van der Waals surface area contributed by atoms with Crippen molar-refractivity contribution < 1.29 is 13.2 Å². The Bertz CT molecular complexity index is 1110. The van der Waals surface area contributed by atoms with E-state index in [1.807, 2.05) is 60.7 Å². The van der Waals surface area contributed by atoms with Crippen LogP contribution in [0.5, 0.6) is 0 Å². The molecule has 6 nitrogen and oxygen atoms in total. The molecule has 0 saturated carbocycles. The zero-order chi connectivity index (χ0) is 22.6. The zero-order valence-corrected chi connectivity index (χ0v) is 19.2. The van der Waals surface area contributed by atoms with Crippen molar-refractivity contribution in [2.75, 3.05) is 13.1 Å². The predicted octanol–water partition coefficient (Wildman–Crippen LogP) is 4.04. The Labute approximate surface area is 190 Å². The number of sulfonamides is 1. The van der Waals surface area contributed by atoms with Crippen LogP contribution in [-0.4, -0.2) is 41.2 Å². The van der Waals surface area contributed by atoms with Crippen molar-refractivity contribution in [1.82, 2.24) is 13.8 Å². The number of hydrogen-bond acceptors (Lipinski definition) is 3. The monoisotopic (exact) mass is 451 g/mol. The van der Waals surface area contributed by atoms with Gasteiger partial charge in [0.1, 0.15) is 10.6 Å². The first-order valence-electron chi connectivity index (χ1n) is 11.0. The van der Waals surface area contributed by atoms with Crippen molar-refractivity contribution in [3.8, 4) is 0 Å². The molecule has 1 fully saturated rings. The highest BCUT2D eigenvalue weighted by Crippen LogP contribution is 2.24. The highest BCUT2D eigenvalue weighted by molar-refractivity contribution is 7.89. The maximum Gasteiger partial charge on any atom is 0.271 e. The number of aryl methyl sites for hydroxylation is 1. The smallest absolute Gasteiger partial charge is 0.271 e. The molecule has 0 bridgehead atoms. The van der Waals surface area contributed by atoms with Crippen LogP contribution in [0.4, 0.5) is 0 Å². The van der Waals surface area contributed by atoms with E-state index in [0.717, 1.165) is 30.4 Å². The van der Waals surface area contributed by atoms with Gasteiger partial charge in [0.05, 0.1) is 0 Å². The van der Waals surface area contributed by atoms with E-state index < -0.39 is 10.0 Å². The number of carbonyl (C=O) groups excluding carboxylic acids is 1. The second-order valence-corrected chi connectivity index (χ2v) is 10.2. The fourth-order valence-electron chi connectivity index (χ4n) is 4.11. The number of piperidine rings is 1. The first-order valence-corrected chi connectivity index (χ1v) is 12.4. The normalized spacial score (nSPS) is 14.9. The van der Waals surface area contributed by atoms with Gasteiger partial charge < -0.3 is 9.47 Å². The minimum atomic E-state index is -3.60. The molecule has 0 radical (unpaired) electrons. The lowest BCUT2D eigenvalue weighted by Gasteiger charge is -2.25. The Morgan fingerprint density at radius 3 is 1.94 bits per heavy atom. The summed E-state index contributed by atoms with van der Waals surface area (Å²) in [5.41, 5.74) is 2.41. The first-order chi connectivity index (χ1) is 15.4. The van der Waals surface area contributed by atoms with Crippen molar-refractivity contribution >= 4 is 15.9 Å². The van der Waals surface area contributed by atoms with Gasteiger partial charge in [0.15, 0.2) is 0 Å². The van der Waals surface area contributed by atoms with Crippen LogP contribution in [0.3, 0.4) is 0 Å². The highest BCUT2D eigenvalue weighted by atomic mass is 32.2. The summed E-state index contributed by atoms with van der Waals surface area (Å²) in [6.45, 7) is 1.95. The molecular formula is C25H29N3O3S. The SMILES string of the molecule is Cn1cc(S(=O)(=O)N2CCCCC2)cc1C(=O)N(Cc1ccccc1)Cc1ccccc1. The molecule has 0 atom stereocenters. The fourth-order valence-corrected chi connectivity index (χ4v) is 5.70. The van der Waals surface area contributed by atoms with Crippen LogP contribution in [0.15, 0.2) is 77.8 Å². The molecule has 1 amide bonds. The van der Waals surface area contributed by atoms with Crippen LogP contribution in [0, 0.1) is 0 Å². The summed E-state index contributed by atoms with van der Waals surface area (Å²) in [4.78, 5) is 15.5. The maximum absolute atomic E-state index is 13.6. The summed E-state index contributed by atoms with van der Waals surface area (Å²) < 4.78 is 29.4. The minimum Gasteiger partial charge on any atom is -0.345 e. The van der Waals surface area contributed by atoms with Crippen LogP contribution >= 0.6 is 0 Å². The minimum absolute atomic E-state index is 0.185. The number of rotatable bonds is 7. The van der Waals surface area contributed by atoms with Gasteiger partial charge in [-0.25, -0.2) is 8.42 Å². The molecule has 3 aromatic rings. The summed E-state index contributed by atoms with van der Waals surface area (Å²) in [5.74, 6) is -0.194. The van der Waals surface area contributed by atoms with E-state index in [2.05, 4.69) is 0 Å². The number of carbonyl (C=O) groups is 1. The van der Waals surface area contributed by atoms with E-state index in [-0.39, 0.29) is 10.8 Å². The molecule has 1 aliphatic rings. The molecule has 2 aromatic carbocycles. The number of hydrogen-bond donors (Lipinski definition) is 0. The Morgan fingerprint density at radius 2 is 1.41 bits per heavy atom. The van der Waals surface area contributed by atoms with Crippen molar-refractivity contribution in [2.45, 2.75) is 37.2 Å². The van der Waals surface area contributed by atoms with Gasteiger partial charge in [0.25, 0.3) is 5.91 Å². The largest absolute Gasteiger partial charge is 0.345 e. The Balaban J connectivity index is 1.63. The number of benzene rings is 2. The van der Waals surface area contributed by atoms with Crippen LogP contribution in [-0.2, 0) is 30.2 Å². The van der Waals surface area contributed by atoms with Gasteiger partial charge in [-0.3, -0.25) is 4.79 Å². The Hall–Kier alpha value is -2.90. The van der Waals surface area contributed by atoms with Crippen LogP contribution in [0.2, 0.25) is 0 Å². The fraction of sp³-hybridized carbons (Fsp3) is 0.320. The van der Waals surface area contributed by atoms with Gasteiger partial charge in [-0.05, 0) is 30.0 Å². The summed E-state index contributed by atoms with van der Waals surface area (Å²) in [6.07, 6.45) is 4.36. The topological polar surface area (TPSA) is 62.6 Å². The lowest BCUT2D eigenvalue weighted by molar-refractivity contribution is 0.0720. The molecule has 1 aliphatic heterocycles. The van der Waals surface area contributed by atoms with E-state index in [1.54, 1.807) is 22.7 Å². The van der Waals surface area contributed by atoms with E-state index in [0.29, 0.717) is 31.9 Å². The number of nitrogens with zero attached hydrogens (tertiary/aromatic N) is 3. The number of aromatic nitrogens is 1. The lowest BCUT2D eigenvalue weighted by Crippen LogP contribution is -2.35. The summed E-state index contributed by atoms with van der Waals surface area (Å²) in [6, 6.07) is 21.2. The third-order valence-corrected chi connectivity index (χ3v) is 7.74. The second-order valence-electron chi connectivity index (χ2n) is 8.27. The van der Waals surface area contributed by atoms with Crippen molar-refractivity contribution in [2.24, 2.45) is 7.05 Å². The standard InChI is InChI=1S/C25H29N3O3S/c1-26-20-23(32(30,31)28-15-9-4-10-16-28)17-24(26)25(29)27(18-21-11-5-2-6-12-21)19-22-13-7-3-8-14-22/h2-3,5-8,11-14,17,20H,4,9-10,15-16,18-19H2,1H3. The van der Waals surface area contributed by atoms with Crippen LogP contribution < -0.4 is 0 Å². The van der Waals surface area contributed by atoms with E-state index in [9.17, 15) is 13.2 Å². The summed E-state index contributed by atoms with van der Waals surface area (Å²) in [7, 11) is -1.87. The van der Waals surface area contributed by atoms with E-state index in [1.165, 1.54) is 10.4 Å². The molecule has 7 heteroatoms. The molecule has 32 heavy (non-hydrogen) atoms. The molecule has 1 saturated heterocycles. The van der Waals surface area contributed by atoms with Gasteiger partial charge >= 0.3 is 0 Å². The third kappa shape index (κ3) is 4.95. The molecular weight excluding hydrogens is 422 g/mol. The van der Waals surface area contributed by atoms with Gasteiger partial charge in [0, 0.05) is 39.4 Å². The average Bonchev–Trinajstić information content (AvgIpc) is 3.22. The summed E-state index contributed by atoms with van der Waals surface area (Å²) in [5, 5.41) is 0. The van der Waals surface area contributed by atoms with Crippen molar-refractivity contribution in [1.29, 1.82) is 0 Å². The molecule has 0 aliphatic carbocycles. The maximum atomic E-state index is 13.6. The van der Waals surface area contributed by atoms with Gasteiger partial charge in [-0.15, -0.1) is 0 Å². The highest BCUT2D eigenvalue weighted by Gasteiger charge is 2.29. The Kier molecular flexibility index (Phi) is 6.77. The third-order valence-electron chi connectivity index (χ3n) is 5.87. The molecule has 0 N–H and O–H groups in total.